The Hall–Kier alpha value is -1.97. The van der Waals surface area contributed by atoms with E-state index in [1.54, 1.807) is 0 Å². The minimum atomic E-state index is -0.438. The first-order chi connectivity index (χ1) is 7.75. The lowest BCUT2D eigenvalue weighted by atomic mass is 10.0. The van der Waals surface area contributed by atoms with Crippen molar-refractivity contribution in [2.75, 3.05) is 0 Å². The molecule has 0 bridgehead atoms. The molecule has 84 valence electrons. The highest BCUT2D eigenvalue weighted by Crippen LogP contribution is 2.25. The molecule has 4 heteroatoms. The van der Waals surface area contributed by atoms with Crippen molar-refractivity contribution in [3.8, 4) is 0 Å². The van der Waals surface area contributed by atoms with Crippen LogP contribution in [-0.2, 0) is 14.3 Å². The van der Waals surface area contributed by atoms with Crippen LogP contribution in [0.4, 0.5) is 0 Å². The van der Waals surface area contributed by atoms with Crippen LogP contribution in [-0.4, -0.2) is 5.91 Å². The van der Waals surface area contributed by atoms with Crippen LogP contribution in [0.15, 0.2) is 47.8 Å². The second kappa shape index (κ2) is 4.70. The number of carbonyl (C=O) groups is 1. The molecule has 0 saturated heterocycles. The van der Waals surface area contributed by atoms with E-state index < -0.39 is 5.91 Å². The molecule has 0 aromatic rings. The minimum absolute atomic E-state index is 0.0583. The average molecular weight is 219 g/mol. The average Bonchev–Trinajstić information content (AvgIpc) is 2.30. The molecule has 0 saturated carbocycles. The lowest BCUT2D eigenvalue weighted by molar-refractivity contribution is -0.117. The molecule has 1 aliphatic carbocycles. The molecule has 0 atom stereocenters. The van der Waals surface area contributed by atoms with E-state index in [9.17, 15) is 4.79 Å². The summed E-state index contributed by atoms with van der Waals surface area (Å²) in [4.78, 5) is 10.7. The van der Waals surface area contributed by atoms with Crippen molar-refractivity contribution < 1.29 is 14.3 Å². The van der Waals surface area contributed by atoms with Crippen molar-refractivity contribution in [1.29, 1.82) is 0 Å². The zero-order valence-electron chi connectivity index (χ0n) is 8.81. The smallest absolute Gasteiger partial charge is 0.225 e. The van der Waals surface area contributed by atoms with Gasteiger partial charge in [0, 0.05) is 0 Å². The minimum Gasteiger partial charge on any atom is -0.462 e. The quantitative estimate of drug-likeness (QED) is 0.788. The van der Waals surface area contributed by atoms with Gasteiger partial charge in [0.1, 0.15) is 18.3 Å². The number of rotatable bonds is 3. The summed E-state index contributed by atoms with van der Waals surface area (Å²) in [5, 5.41) is 0. The van der Waals surface area contributed by atoms with Gasteiger partial charge in [0.2, 0.25) is 5.91 Å². The molecule has 16 heavy (non-hydrogen) atoms. The maximum absolute atomic E-state index is 10.7. The van der Waals surface area contributed by atoms with E-state index in [1.807, 2.05) is 12.2 Å². The van der Waals surface area contributed by atoms with Gasteiger partial charge in [-0.15, -0.1) is 0 Å². The van der Waals surface area contributed by atoms with Crippen molar-refractivity contribution in [1.82, 2.24) is 0 Å². The zero-order valence-corrected chi connectivity index (χ0v) is 8.81. The predicted octanol–water partition coefficient (Wildman–Crippen LogP) is 1.87. The van der Waals surface area contributed by atoms with Crippen molar-refractivity contribution in [2.45, 2.75) is 19.3 Å². The number of hydrogen-bond donors (Lipinski definition) is 1. The second-order valence-electron chi connectivity index (χ2n) is 3.60. The first-order valence-corrected chi connectivity index (χ1v) is 5.12. The summed E-state index contributed by atoms with van der Waals surface area (Å²) in [6.45, 7) is 0. The second-order valence-corrected chi connectivity index (χ2v) is 3.60. The number of amides is 1. The Balaban J connectivity index is 1.98. The van der Waals surface area contributed by atoms with Gasteiger partial charge < -0.3 is 15.2 Å². The molecular weight excluding hydrogens is 206 g/mol. The van der Waals surface area contributed by atoms with Crippen molar-refractivity contribution in [3.63, 3.8) is 0 Å². The number of ether oxygens (including phenoxy) is 2. The van der Waals surface area contributed by atoms with Gasteiger partial charge in [-0.3, -0.25) is 4.79 Å². The molecule has 0 radical (unpaired) electrons. The summed E-state index contributed by atoms with van der Waals surface area (Å²) in [5.41, 5.74) is 6.14. The number of primary amides is 1. The highest BCUT2D eigenvalue weighted by molar-refractivity contribution is 5.76. The summed E-state index contributed by atoms with van der Waals surface area (Å²) in [6.07, 6.45) is 11.0. The van der Waals surface area contributed by atoms with E-state index in [2.05, 4.69) is 6.08 Å². The molecule has 0 aromatic carbocycles. The molecule has 0 spiro atoms. The Morgan fingerprint density at radius 3 is 2.81 bits per heavy atom. The fraction of sp³-hybridized carbons (Fsp3) is 0.250. The van der Waals surface area contributed by atoms with Gasteiger partial charge in [-0.05, 0) is 18.4 Å². The maximum atomic E-state index is 10.7. The van der Waals surface area contributed by atoms with Gasteiger partial charge in [0.25, 0.3) is 0 Å². The summed E-state index contributed by atoms with van der Waals surface area (Å²) < 4.78 is 10.7. The monoisotopic (exact) mass is 219 g/mol. The topological polar surface area (TPSA) is 61.6 Å². The Kier molecular flexibility index (Phi) is 3.10. The molecular formula is C12H13NO3. The number of hydrogen-bond acceptors (Lipinski definition) is 3. The van der Waals surface area contributed by atoms with Crippen LogP contribution >= 0.6 is 0 Å². The van der Waals surface area contributed by atoms with Crippen LogP contribution in [0.1, 0.15) is 19.3 Å². The van der Waals surface area contributed by atoms with Crippen LogP contribution < -0.4 is 5.73 Å². The van der Waals surface area contributed by atoms with Crippen molar-refractivity contribution >= 4 is 5.91 Å². The lowest BCUT2D eigenvalue weighted by Gasteiger charge is -2.17. The fourth-order valence-electron chi connectivity index (χ4n) is 1.53. The van der Waals surface area contributed by atoms with Gasteiger partial charge in [0.05, 0.1) is 6.42 Å². The third-order valence-corrected chi connectivity index (χ3v) is 2.31. The standard InChI is InChI=1S/C12H13NO3/c13-12(14)6-10-7-16-11(8-15-10)9-4-2-1-3-5-9/h1-2,4,7-8H,3,5-6H2,(H2,13,14). The van der Waals surface area contributed by atoms with Gasteiger partial charge >= 0.3 is 0 Å². The van der Waals surface area contributed by atoms with Crippen LogP contribution in [0.5, 0.6) is 0 Å². The number of nitrogens with two attached hydrogens (primary N) is 1. The molecule has 1 heterocycles. The van der Waals surface area contributed by atoms with E-state index in [4.69, 9.17) is 15.2 Å². The highest BCUT2D eigenvalue weighted by Gasteiger charge is 2.14. The fourth-order valence-corrected chi connectivity index (χ4v) is 1.53. The largest absolute Gasteiger partial charge is 0.462 e. The normalized spacial score (nSPS) is 18.9. The number of carbonyl (C=O) groups excluding carboxylic acids is 1. The molecule has 0 fully saturated rings. The van der Waals surface area contributed by atoms with E-state index in [0.29, 0.717) is 11.5 Å². The molecule has 2 N–H and O–H groups in total. The number of allylic oxidation sites excluding steroid dienone is 4. The first kappa shape index (κ1) is 10.5. The van der Waals surface area contributed by atoms with Crippen LogP contribution in [0.2, 0.25) is 0 Å². The SMILES string of the molecule is NC(=O)CC1=COC(C2=CC=CCC2)=CO1. The summed E-state index contributed by atoms with van der Waals surface area (Å²) in [7, 11) is 0. The van der Waals surface area contributed by atoms with Crippen molar-refractivity contribution in [2.24, 2.45) is 5.73 Å². The Morgan fingerprint density at radius 2 is 2.25 bits per heavy atom. The zero-order chi connectivity index (χ0) is 11.4. The van der Waals surface area contributed by atoms with E-state index in [1.165, 1.54) is 12.5 Å². The Morgan fingerprint density at radius 1 is 1.38 bits per heavy atom. The third-order valence-electron chi connectivity index (χ3n) is 2.31. The third kappa shape index (κ3) is 2.53. The molecule has 0 aromatic heterocycles. The van der Waals surface area contributed by atoms with Gasteiger partial charge in [-0.2, -0.15) is 0 Å². The summed E-state index contributed by atoms with van der Waals surface area (Å²) in [6, 6.07) is 0. The van der Waals surface area contributed by atoms with Crippen molar-refractivity contribution in [3.05, 3.63) is 47.8 Å². The molecule has 1 aliphatic heterocycles. The van der Waals surface area contributed by atoms with Gasteiger partial charge in [0.15, 0.2) is 5.76 Å². The first-order valence-electron chi connectivity index (χ1n) is 5.12. The van der Waals surface area contributed by atoms with E-state index in [0.717, 1.165) is 18.4 Å². The Bertz CT molecular complexity index is 416. The molecule has 2 rings (SSSR count). The molecule has 2 aliphatic rings. The van der Waals surface area contributed by atoms with Crippen LogP contribution in [0.3, 0.4) is 0 Å². The van der Waals surface area contributed by atoms with E-state index >= 15 is 0 Å². The van der Waals surface area contributed by atoms with Crippen LogP contribution in [0.25, 0.3) is 0 Å². The lowest BCUT2D eigenvalue weighted by Crippen LogP contribution is -2.13. The summed E-state index contributed by atoms with van der Waals surface area (Å²) in [5.74, 6) is 0.687. The van der Waals surface area contributed by atoms with Gasteiger partial charge in [-0.1, -0.05) is 18.2 Å². The molecule has 0 unspecified atom stereocenters. The highest BCUT2D eigenvalue weighted by atomic mass is 16.5. The molecule has 4 nitrogen and oxygen atoms in total. The summed E-state index contributed by atoms with van der Waals surface area (Å²) >= 11 is 0. The Labute approximate surface area is 93.7 Å². The van der Waals surface area contributed by atoms with Gasteiger partial charge in [-0.25, -0.2) is 0 Å². The maximum Gasteiger partial charge on any atom is 0.225 e. The van der Waals surface area contributed by atoms with Crippen LogP contribution in [0, 0.1) is 0 Å². The predicted molar refractivity (Wildman–Crippen MR) is 58.6 cm³/mol. The van der Waals surface area contributed by atoms with E-state index in [-0.39, 0.29) is 6.42 Å². The molecule has 1 amide bonds.